The highest BCUT2D eigenvalue weighted by molar-refractivity contribution is 8.03. The predicted molar refractivity (Wildman–Crippen MR) is 109 cm³/mol. The molecule has 1 aromatic rings. The van der Waals surface area contributed by atoms with Crippen LogP contribution in [0.1, 0.15) is 5.56 Å². The average Bonchev–Trinajstić information content (AvgIpc) is 2.31. The van der Waals surface area contributed by atoms with Crippen molar-refractivity contribution in [2.75, 3.05) is 0 Å². The van der Waals surface area contributed by atoms with Crippen molar-refractivity contribution in [1.82, 2.24) is 4.23 Å². The zero-order chi connectivity index (χ0) is 17.2. The fourth-order valence-corrected chi connectivity index (χ4v) is 13.1. The first-order chi connectivity index (χ1) is 9.82. The Labute approximate surface area is 155 Å². The molecule has 0 N–H and O–H groups in total. The predicted octanol–water partition coefficient (Wildman–Crippen LogP) is 6.38. The second-order valence-corrected chi connectivity index (χ2v) is 21.0. The normalized spacial score (nSPS) is 14.1. The second kappa shape index (κ2) is 7.49. The summed E-state index contributed by atoms with van der Waals surface area (Å²) in [4.78, 5) is 0. The van der Waals surface area contributed by atoms with Gasteiger partial charge in [-0.3, -0.25) is 0 Å². The molecular weight excluding hydrogens is 391 g/mol. The molecule has 1 aromatic carbocycles. The number of rotatable bonds is 4. The van der Waals surface area contributed by atoms with E-state index in [9.17, 15) is 0 Å². The molecule has 0 aliphatic heterocycles. The molecule has 0 radical (unpaired) electrons. The van der Waals surface area contributed by atoms with Gasteiger partial charge < -0.3 is 4.23 Å². The number of hydrogen-bond donors (Lipinski definition) is 0. The molecule has 0 atom stereocenters. The number of hydrogen-bond acceptors (Lipinski definition) is 2. The summed E-state index contributed by atoms with van der Waals surface area (Å²) < 4.78 is 5.70. The van der Waals surface area contributed by atoms with Gasteiger partial charge in [0.1, 0.15) is 22.3 Å². The largest absolute Gasteiger partial charge is 0.409 e. The molecule has 124 valence electrons. The summed E-state index contributed by atoms with van der Waals surface area (Å²) in [7, 11) is -3.29. The van der Waals surface area contributed by atoms with Gasteiger partial charge in [-0.2, -0.15) is 4.40 Å². The smallest absolute Gasteiger partial charge is 0.258 e. The van der Waals surface area contributed by atoms with Crippen LogP contribution in [0, 0.1) is 0 Å². The first-order valence-electron chi connectivity index (χ1n) is 7.01. The number of nitrogens with zero attached hydrogens (tertiary/aromatic N) is 2. The van der Waals surface area contributed by atoms with Crippen LogP contribution in [0.15, 0.2) is 34.7 Å². The maximum atomic E-state index is 5.89. The molecule has 0 heterocycles. The Balaban J connectivity index is 3.42. The lowest BCUT2D eigenvalue weighted by Gasteiger charge is -2.46. The first kappa shape index (κ1) is 20.4. The van der Waals surface area contributed by atoms with E-state index in [1.54, 1.807) is 0 Å². The van der Waals surface area contributed by atoms with Crippen LogP contribution in [-0.4, -0.2) is 29.7 Å². The molecule has 0 saturated heterocycles. The molecule has 0 amide bonds. The maximum Gasteiger partial charge on any atom is 0.258 e. The van der Waals surface area contributed by atoms with Crippen molar-refractivity contribution in [1.29, 1.82) is 0 Å². The molecule has 0 aliphatic rings. The standard InChI is InChI=1S/C14H23Cl3N2SSi2/c1-21(2,3)19(22(4,5)6)13(18-20-14(15,16)17)12-10-8-7-9-11-12/h7-11H,1-6H3/b18-13+. The Morgan fingerprint density at radius 1 is 0.955 bits per heavy atom. The highest BCUT2D eigenvalue weighted by Gasteiger charge is 2.37. The summed E-state index contributed by atoms with van der Waals surface area (Å²) in [5, 5.41) is 0. The summed E-state index contributed by atoms with van der Waals surface area (Å²) in [6, 6.07) is 10.1. The summed E-state index contributed by atoms with van der Waals surface area (Å²) in [6.07, 6.45) is 0. The van der Waals surface area contributed by atoms with Gasteiger partial charge in [0.05, 0.1) is 0 Å². The van der Waals surface area contributed by atoms with Crippen molar-refractivity contribution in [3.05, 3.63) is 35.9 Å². The van der Waals surface area contributed by atoms with Gasteiger partial charge in [0, 0.05) is 17.5 Å². The second-order valence-electron chi connectivity index (χ2n) is 6.99. The van der Waals surface area contributed by atoms with E-state index in [0.29, 0.717) is 0 Å². The minimum Gasteiger partial charge on any atom is -0.409 e. The molecule has 0 unspecified atom stereocenters. The quantitative estimate of drug-likeness (QED) is 0.187. The Hall–Kier alpha value is 0.344. The van der Waals surface area contributed by atoms with E-state index in [1.165, 1.54) is 0 Å². The van der Waals surface area contributed by atoms with Crippen molar-refractivity contribution >= 4 is 69.1 Å². The van der Waals surface area contributed by atoms with E-state index in [4.69, 9.17) is 34.8 Å². The fraction of sp³-hybridized carbons (Fsp3) is 0.500. The third-order valence-electron chi connectivity index (χ3n) is 2.82. The molecule has 1 rings (SSSR count). The summed E-state index contributed by atoms with van der Waals surface area (Å²) in [6.45, 7) is 13.9. The minimum absolute atomic E-state index is 0.926. The van der Waals surface area contributed by atoms with Gasteiger partial charge in [0.2, 0.25) is 0 Å². The SMILES string of the molecule is C[Si](C)(C)N(/C(=N/SC(Cl)(Cl)Cl)c1ccccc1)[Si](C)(C)C. The van der Waals surface area contributed by atoms with Gasteiger partial charge in [-0.15, -0.1) is 0 Å². The van der Waals surface area contributed by atoms with Crippen molar-refractivity contribution < 1.29 is 0 Å². The van der Waals surface area contributed by atoms with Crippen LogP contribution in [-0.2, 0) is 0 Å². The summed E-state index contributed by atoms with van der Waals surface area (Å²) in [5.74, 6) is 0.926. The Kier molecular flexibility index (Phi) is 6.94. The molecule has 0 aliphatic carbocycles. The Morgan fingerprint density at radius 2 is 1.41 bits per heavy atom. The number of halogens is 3. The monoisotopic (exact) mass is 412 g/mol. The van der Waals surface area contributed by atoms with Gasteiger partial charge in [-0.25, -0.2) is 0 Å². The fourth-order valence-electron chi connectivity index (χ4n) is 2.55. The third kappa shape index (κ3) is 6.45. The van der Waals surface area contributed by atoms with E-state index in [0.717, 1.165) is 23.3 Å². The molecule has 8 heteroatoms. The van der Waals surface area contributed by atoms with E-state index in [2.05, 4.69) is 60.0 Å². The Bertz CT molecular complexity index is 506. The lowest BCUT2D eigenvalue weighted by atomic mass is 10.2. The van der Waals surface area contributed by atoms with Crippen LogP contribution in [0.25, 0.3) is 0 Å². The summed E-state index contributed by atoms with van der Waals surface area (Å²) in [5.41, 5.74) is 1.06. The Morgan fingerprint density at radius 3 is 1.77 bits per heavy atom. The minimum atomic E-state index is -1.64. The van der Waals surface area contributed by atoms with Crippen LogP contribution in [0.3, 0.4) is 0 Å². The molecule has 0 fully saturated rings. The molecule has 0 aromatic heterocycles. The van der Waals surface area contributed by atoms with Gasteiger partial charge in [-0.1, -0.05) is 104 Å². The van der Waals surface area contributed by atoms with Crippen molar-refractivity contribution in [2.45, 2.75) is 42.4 Å². The zero-order valence-electron chi connectivity index (χ0n) is 13.8. The number of alkyl halides is 3. The van der Waals surface area contributed by atoms with Crippen LogP contribution >= 0.6 is 46.8 Å². The zero-order valence-corrected chi connectivity index (χ0v) is 18.9. The van der Waals surface area contributed by atoms with E-state index < -0.39 is 19.6 Å². The van der Waals surface area contributed by atoms with Crippen molar-refractivity contribution in [3.63, 3.8) is 0 Å². The van der Waals surface area contributed by atoms with Crippen LogP contribution in [0.5, 0.6) is 0 Å². The highest BCUT2D eigenvalue weighted by atomic mass is 35.6. The van der Waals surface area contributed by atoms with Crippen LogP contribution in [0.2, 0.25) is 39.3 Å². The van der Waals surface area contributed by atoms with Crippen molar-refractivity contribution in [2.24, 2.45) is 4.40 Å². The third-order valence-corrected chi connectivity index (χ3v) is 11.0. The topological polar surface area (TPSA) is 15.6 Å². The van der Waals surface area contributed by atoms with Gasteiger partial charge in [0.25, 0.3) is 3.12 Å². The van der Waals surface area contributed by atoms with Crippen molar-refractivity contribution in [3.8, 4) is 0 Å². The lowest BCUT2D eigenvalue weighted by molar-refractivity contribution is 0.903. The van der Waals surface area contributed by atoms with E-state index in [1.807, 2.05) is 18.2 Å². The number of benzene rings is 1. The van der Waals surface area contributed by atoms with Gasteiger partial charge in [0.15, 0.2) is 0 Å². The van der Waals surface area contributed by atoms with E-state index >= 15 is 0 Å². The van der Waals surface area contributed by atoms with Gasteiger partial charge in [-0.05, 0) is 0 Å². The molecule has 0 bridgehead atoms. The van der Waals surface area contributed by atoms with Crippen LogP contribution in [0.4, 0.5) is 0 Å². The number of amidine groups is 1. The molecular formula is C14H23Cl3N2SSi2. The summed E-state index contributed by atoms with van der Waals surface area (Å²) >= 11 is 18.7. The average molecular weight is 414 g/mol. The molecule has 0 spiro atoms. The lowest BCUT2D eigenvalue weighted by Crippen LogP contribution is -2.61. The maximum absolute atomic E-state index is 5.89. The highest BCUT2D eigenvalue weighted by Crippen LogP contribution is 2.40. The first-order valence-corrected chi connectivity index (χ1v) is 15.8. The van der Waals surface area contributed by atoms with Crippen LogP contribution < -0.4 is 0 Å². The molecule has 2 nitrogen and oxygen atoms in total. The van der Waals surface area contributed by atoms with E-state index in [-0.39, 0.29) is 0 Å². The van der Waals surface area contributed by atoms with Gasteiger partial charge >= 0.3 is 0 Å². The molecule has 22 heavy (non-hydrogen) atoms. The molecule has 0 saturated carbocycles.